The summed E-state index contributed by atoms with van der Waals surface area (Å²) in [5.74, 6) is -1.42. The number of benzene rings is 2. The van der Waals surface area contributed by atoms with Gasteiger partial charge in [0.2, 0.25) is 5.95 Å². The number of aromatic amines is 1. The second-order valence-corrected chi connectivity index (χ2v) is 14.3. The molecule has 0 saturated carbocycles. The number of H-pyrrole nitrogens is 1. The second kappa shape index (κ2) is 13.2. The highest BCUT2D eigenvalue weighted by Gasteiger charge is 2.64. The number of nitrogen functional groups attached to an aromatic ring is 1. The Hall–Kier alpha value is -3.85. The third-order valence-corrected chi connectivity index (χ3v) is 9.98. The largest absolute Gasteiger partial charge is 0.465 e. The summed E-state index contributed by atoms with van der Waals surface area (Å²) in [6.45, 7) is 8.87. The Balaban J connectivity index is 1.29. The molecule has 16 heteroatoms. The van der Waals surface area contributed by atoms with Crippen LogP contribution in [0.5, 0.6) is 5.75 Å². The van der Waals surface area contributed by atoms with Crippen molar-refractivity contribution in [3.63, 3.8) is 0 Å². The van der Waals surface area contributed by atoms with Gasteiger partial charge in [0.1, 0.15) is 29.6 Å². The van der Waals surface area contributed by atoms with Crippen LogP contribution in [-0.2, 0) is 32.8 Å². The summed E-state index contributed by atoms with van der Waals surface area (Å²) in [6, 6.07) is 11.8. The first kappa shape index (κ1) is 34.0. The van der Waals surface area contributed by atoms with Gasteiger partial charge in [-0.25, -0.2) is 9.55 Å². The van der Waals surface area contributed by atoms with Crippen molar-refractivity contribution >= 4 is 41.6 Å². The molecular formula is C32H41N6O9P. The van der Waals surface area contributed by atoms with Crippen LogP contribution < -0.4 is 20.9 Å². The number of carbonyl (C=O) groups excluding carboxylic acids is 1. The Kier molecular flexibility index (Phi) is 9.37. The smallest absolute Gasteiger partial charge is 0.459 e. The summed E-state index contributed by atoms with van der Waals surface area (Å²) >= 11 is 0. The molecule has 0 bridgehead atoms. The Labute approximate surface area is 277 Å². The molecule has 4 N–H and O–H groups in total. The first-order valence-electron chi connectivity index (χ1n) is 15.9. The van der Waals surface area contributed by atoms with Gasteiger partial charge in [-0.05, 0) is 45.6 Å². The van der Waals surface area contributed by atoms with E-state index in [1.165, 1.54) is 13.3 Å². The van der Waals surface area contributed by atoms with E-state index < -0.39 is 55.1 Å². The Morgan fingerprint density at radius 3 is 2.75 bits per heavy atom. The number of aromatic nitrogens is 4. The molecular weight excluding hydrogens is 643 g/mol. The molecule has 6 atom stereocenters. The van der Waals surface area contributed by atoms with Gasteiger partial charge >= 0.3 is 13.7 Å². The van der Waals surface area contributed by atoms with Crippen LogP contribution in [0.2, 0.25) is 0 Å². The van der Waals surface area contributed by atoms with Gasteiger partial charge < -0.3 is 29.2 Å². The lowest BCUT2D eigenvalue weighted by molar-refractivity contribution is -0.216. The SMILES string of the molecule is CCCCCOC(=O)[C@H](C)NP(=O)(OC[C@H]1O[C@@H](n2cnc3c(=O)[nH]c(N)nc32)[C@]2(C)OC(C)(C)O[C@H]12)Oc1cccc2ccccc12. The predicted octanol–water partition coefficient (Wildman–Crippen LogP) is 4.58. The number of unbranched alkanes of at least 4 members (excludes halogenated alkanes) is 2. The maximum absolute atomic E-state index is 14.6. The lowest BCUT2D eigenvalue weighted by Crippen LogP contribution is -2.42. The Morgan fingerprint density at radius 1 is 1.19 bits per heavy atom. The summed E-state index contributed by atoms with van der Waals surface area (Å²) in [4.78, 5) is 36.3. The second-order valence-electron chi connectivity index (χ2n) is 12.6. The highest BCUT2D eigenvalue weighted by atomic mass is 31.2. The Bertz CT molecular complexity index is 1910. The van der Waals surface area contributed by atoms with Crippen LogP contribution in [0.25, 0.3) is 21.9 Å². The molecule has 4 aromatic rings. The number of hydrogen-bond donors (Lipinski definition) is 3. The number of anilines is 1. The van der Waals surface area contributed by atoms with E-state index >= 15 is 0 Å². The van der Waals surface area contributed by atoms with Crippen LogP contribution in [0.4, 0.5) is 5.95 Å². The van der Waals surface area contributed by atoms with Crippen molar-refractivity contribution in [2.75, 3.05) is 18.9 Å². The number of ether oxygens (including phenoxy) is 4. The maximum atomic E-state index is 14.6. The molecule has 0 spiro atoms. The molecule has 0 radical (unpaired) electrons. The van der Waals surface area contributed by atoms with Gasteiger partial charge in [0, 0.05) is 5.39 Å². The van der Waals surface area contributed by atoms with E-state index in [4.69, 9.17) is 33.7 Å². The molecule has 2 aromatic carbocycles. The van der Waals surface area contributed by atoms with Crippen molar-refractivity contribution in [3.05, 3.63) is 59.1 Å². The van der Waals surface area contributed by atoms with E-state index in [0.717, 1.165) is 24.6 Å². The highest BCUT2D eigenvalue weighted by molar-refractivity contribution is 7.52. The van der Waals surface area contributed by atoms with E-state index in [-0.39, 0.29) is 30.3 Å². The molecule has 15 nitrogen and oxygen atoms in total. The number of imidazole rings is 1. The first-order valence-corrected chi connectivity index (χ1v) is 17.5. The molecule has 2 aromatic heterocycles. The summed E-state index contributed by atoms with van der Waals surface area (Å²) < 4.78 is 52.9. The minimum Gasteiger partial charge on any atom is -0.465 e. The molecule has 2 saturated heterocycles. The highest BCUT2D eigenvalue weighted by Crippen LogP contribution is 2.53. The fourth-order valence-corrected chi connectivity index (χ4v) is 7.75. The summed E-state index contributed by atoms with van der Waals surface area (Å²) in [5, 5.41) is 4.33. The fourth-order valence-electron chi connectivity index (χ4n) is 6.23. The topological polar surface area (TPSA) is 191 Å². The van der Waals surface area contributed by atoms with Crippen molar-refractivity contribution < 1.29 is 37.4 Å². The van der Waals surface area contributed by atoms with Crippen LogP contribution in [0.3, 0.4) is 0 Å². The molecule has 0 amide bonds. The molecule has 258 valence electrons. The van der Waals surface area contributed by atoms with Gasteiger partial charge in [-0.15, -0.1) is 0 Å². The first-order chi connectivity index (χ1) is 22.8. The van der Waals surface area contributed by atoms with Gasteiger partial charge in [-0.2, -0.15) is 10.1 Å². The summed E-state index contributed by atoms with van der Waals surface area (Å²) in [7, 11) is -4.30. The fraction of sp³-hybridized carbons (Fsp3) is 0.500. The number of nitrogens with one attached hydrogen (secondary N) is 2. The van der Waals surface area contributed by atoms with Gasteiger partial charge in [-0.1, -0.05) is 56.2 Å². The van der Waals surface area contributed by atoms with E-state index in [2.05, 4.69) is 27.0 Å². The van der Waals surface area contributed by atoms with Gasteiger partial charge in [0.25, 0.3) is 5.56 Å². The zero-order valence-electron chi connectivity index (χ0n) is 27.5. The van der Waals surface area contributed by atoms with Crippen LogP contribution >= 0.6 is 7.75 Å². The Morgan fingerprint density at radius 2 is 1.96 bits per heavy atom. The predicted molar refractivity (Wildman–Crippen MR) is 176 cm³/mol. The van der Waals surface area contributed by atoms with Gasteiger partial charge in [0.15, 0.2) is 23.2 Å². The van der Waals surface area contributed by atoms with E-state index in [1.54, 1.807) is 37.5 Å². The van der Waals surface area contributed by atoms with Crippen molar-refractivity contribution in [1.29, 1.82) is 0 Å². The van der Waals surface area contributed by atoms with Crippen LogP contribution in [-0.4, -0.2) is 68.3 Å². The van der Waals surface area contributed by atoms with E-state index in [9.17, 15) is 14.2 Å². The normalized spacial score (nSPS) is 25.1. The number of carbonyl (C=O) groups is 1. The lowest BCUT2D eigenvalue weighted by Gasteiger charge is -2.30. The molecule has 4 heterocycles. The molecule has 48 heavy (non-hydrogen) atoms. The average molecular weight is 685 g/mol. The number of nitrogens with zero attached hydrogens (tertiary/aromatic N) is 3. The maximum Gasteiger partial charge on any atom is 0.459 e. The zero-order valence-corrected chi connectivity index (χ0v) is 28.4. The van der Waals surface area contributed by atoms with E-state index in [0.29, 0.717) is 11.1 Å². The zero-order chi connectivity index (χ0) is 34.3. The molecule has 2 aliphatic rings. The summed E-state index contributed by atoms with van der Waals surface area (Å²) in [5.41, 5.74) is 4.47. The lowest BCUT2D eigenvalue weighted by atomic mass is 9.96. The summed E-state index contributed by atoms with van der Waals surface area (Å²) in [6.07, 6.45) is 1.53. The number of esters is 1. The van der Waals surface area contributed by atoms with Crippen LogP contribution in [0.1, 0.15) is 60.1 Å². The quantitative estimate of drug-likeness (QED) is 0.101. The minimum atomic E-state index is -4.30. The average Bonchev–Trinajstić information content (AvgIpc) is 3.64. The molecule has 2 fully saturated rings. The molecule has 2 aliphatic heterocycles. The van der Waals surface area contributed by atoms with Crippen LogP contribution in [0, 0.1) is 0 Å². The van der Waals surface area contributed by atoms with Gasteiger partial charge in [-0.3, -0.25) is 23.7 Å². The monoisotopic (exact) mass is 684 g/mol. The van der Waals surface area contributed by atoms with Crippen molar-refractivity contribution in [3.8, 4) is 5.75 Å². The van der Waals surface area contributed by atoms with Crippen molar-refractivity contribution in [2.24, 2.45) is 0 Å². The van der Waals surface area contributed by atoms with Crippen molar-refractivity contribution in [1.82, 2.24) is 24.6 Å². The van der Waals surface area contributed by atoms with Crippen LogP contribution in [0.15, 0.2) is 53.6 Å². The number of nitrogens with two attached hydrogens (primary N) is 1. The molecule has 6 rings (SSSR count). The molecule has 0 aliphatic carbocycles. The minimum absolute atomic E-state index is 0.0681. The third kappa shape index (κ3) is 6.71. The van der Waals surface area contributed by atoms with Gasteiger partial charge in [0.05, 0.1) is 19.5 Å². The molecule has 1 unspecified atom stereocenters. The number of fused-ring (bicyclic) bond motifs is 3. The number of rotatable bonds is 13. The third-order valence-electron chi connectivity index (χ3n) is 8.35. The van der Waals surface area contributed by atoms with Crippen molar-refractivity contribution in [2.45, 2.75) is 89.7 Å². The van der Waals surface area contributed by atoms with E-state index in [1.807, 2.05) is 30.3 Å². The number of hydrogen-bond acceptors (Lipinski definition) is 12. The standard InChI is InChI=1S/C32H41N6O9P/c1-6-7-10-16-42-28(40)19(2)37-48(41,46-22-15-11-13-20-12-8-9-14-21(20)22)43-17-23-25-32(5,47-31(3,4)45-25)29(44-23)38-18-34-24-26(38)35-30(33)36-27(24)39/h8-9,11-15,18-19,23,25,29H,6-7,10,16-17H2,1-5H3,(H,37,41)(H3,33,35,36,39)/t19-,23+,25+,29+,32+,48?/m0/s1.